The van der Waals surface area contributed by atoms with Crippen LogP contribution in [0.15, 0.2) is 4.52 Å². The van der Waals surface area contributed by atoms with Gasteiger partial charge in [-0.3, -0.25) is 0 Å². The standard InChI is InChI=1S/C10H12F3N3O/c11-10(12,13)9(1-2-9)3-7-15-8(17-16-7)6-4-14-5-6/h6,14H,1-5H2. The molecule has 2 heterocycles. The molecular formula is C10H12F3N3O. The molecule has 1 aromatic heterocycles. The summed E-state index contributed by atoms with van der Waals surface area (Å²) in [6.07, 6.45) is -3.97. The van der Waals surface area contributed by atoms with Gasteiger partial charge in [0.1, 0.15) is 0 Å². The Morgan fingerprint density at radius 3 is 2.53 bits per heavy atom. The van der Waals surface area contributed by atoms with E-state index in [9.17, 15) is 13.2 Å². The molecule has 0 radical (unpaired) electrons. The van der Waals surface area contributed by atoms with Gasteiger partial charge in [-0.1, -0.05) is 5.16 Å². The Morgan fingerprint density at radius 1 is 1.35 bits per heavy atom. The van der Waals surface area contributed by atoms with Gasteiger partial charge in [-0.25, -0.2) is 0 Å². The largest absolute Gasteiger partial charge is 0.394 e. The number of aromatic nitrogens is 2. The van der Waals surface area contributed by atoms with Crippen molar-refractivity contribution >= 4 is 0 Å². The highest BCUT2D eigenvalue weighted by atomic mass is 19.4. The van der Waals surface area contributed by atoms with Crippen molar-refractivity contribution in [2.45, 2.75) is 31.4 Å². The second-order valence-electron chi connectivity index (χ2n) is 4.86. The van der Waals surface area contributed by atoms with Crippen molar-refractivity contribution in [3.63, 3.8) is 0 Å². The third-order valence-corrected chi connectivity index (χ3v) is 3.57. The van der Waals surface area contributed by atoms with Crippen LogP contribution in [0.3, 0.4) is 0 Å². The molecule has 2 fully saturated rings. The van der Waals surface area contributed by atoms with Gasteiger partial charge in [0.15, 0.2) is 5.82 Å². The van der Waals surface area contributed by atoms with E-state index in [0.717, 1.165) is 13.1 Å². The Balaban J connectivity index is 1.71. The fourth-order valence-electron chi connectivity index (χ4n) is 1.98. The van der Waals surface area contributed by atoms with Crippen LogP contribution in [0.25, 0.3) is 0 Å². The maximum Gasteiger partial charge on any atom is 0.394 e. The highest BCUT2D eigenvalue weighted by Gasteiger charge is 2.63. The fraction of sp³-hybridized carbons (Fsp3) is 0.800. The molecule has 1 N–H and O–H groups in total. The maximum absolute atomic E-state index is 12.7. The number of nitrogens with zero attached hydrogens (tertiary/aromatic N) is 2. The number of alkyl halides is 3. The lowest BCUT2D eigenvalue weighted by Crippen LogP contribution is -2.40. The lowest BCUT2D eigenvalue weighted by atomic mass is 10.0. The second kappa shape index (κ2) is 3.44. The molecule has 1 aliphatic heterocycles. The zero-order valence-electron chi connectivity index (χ0n) is 9.05. The maximum atomic E-state index is 12.7. The van der Waals surface area contributed by atoms with E-state index in [2.05, 4.69) is 15.5 Å². The minimum absolute atomic E-state index is 0.153. The number of hydrogen-bond donors (Lipinski definition) is 1. The molecule has 1 saturated carbocycles. The molecule has 1 aliphatic carbocycles. The van der Waals surface area contributed by atoms with Crippen LogP contribution < -0.4 is 5.32 Å². The van der Waals surface area contributed by atoms with Crippen molar-refractivity contribution < 1.29 is 17.7 Å². The summed E-state index contributed by atoms with van der Waals surface area (Å²) in [5, 5.41) is 6.69. The predicted octanol–water partition coefficient (Wildman–Crippen LogP) is 1.64. The Labute approximate surface area is 95.6 Å². The molecule has 4 nitrogen and oxygen atoms in total. The van der Waals surface area contributed by atoms with E-state index < -0.39 is 11.6 Å². The molecular weight excluding hydrogens is 235 g/mol. The third-order valence-electron chi connectivity index (χ3n) is 3.57. The quantitative estimate of drug-likeness (QED) is 0.882. The van der Waals surface area contributed by atoms with Crippen molar-refractivity contribution in [2.75, 3.05) is 13.1 Å². The lowest BCUT2D eigenvalue weighted by Gasteiger charge is -2.22. The van der Waals surface area contributed by atoms with Gasteiger partial charge in [0.25, 0.3) is 0 Å². The Kier molecular flexibility index (Phi) is 2.23. The highest BCUT2D eigenvalue weighted by molar-refractivity contribution is 5.08. The van der Waals surface area contributed by atoms with Crippen molar-refractivity contribution in [3.05, 3.63) is 11.7 Å². The van der Waals surface area contributed by atoms with Gasteiger partial charge in [-0.2, -0.15) is 18.2 Å². The molecule has 3 rings (SSSR count). The number of nitrogens with one attached hydrogen (secondary N) is 1. The molecule has 0 aromatic carbocycles. The predicted molar refractivity (Wildman–Crippen MR) is 51.3 cm³/mol. The third kappa shape index (κ3) is 1.82. The first-order valence-corrected chi connectivity index (χ1v) is 5.60. The normalized spacial score (nSPS) is 23.5. The number of hydrogen-bond acceptors (Lipinski definition) is 4. The smallest absolute Gasteiger partial charge is 0.339 e. The SMILES string of the molecule is FC(F)(F)C1(Cc2noc(C3CNC3)n2)CC1. The molecule has 0 amide bonds. The molecule has 0 spiro atoms. The molecule has 1 aromatic rings. The van der Waals surface area contributed by atoms with Crippen molar-refractivity contribution in [1.29, 1.82) is 0 Å². The average Bonchev–Trinajstić information content (AvgIpc) is 2.79. The highest BCUT2D eigenvalue weighted by Crippen LogP contribution is 2.59. The summed E-state index contributed by atoms with van der Waals surface area (Å²) in [7, 11) is 0. The molecule has 1 saturated heterocycles. The first-order valence-electron chi connectivity index (χ1n) is 5.60. The molecule has 94 valence electrons. The van der Waals surface area contributed by atoms with Gasteiger partial charge in [0.05, 0.1) is 11.3 Å². The monoisotopic (exact) mass is 247 g/mol. The molecule has 7 heteroatoms. The van der Waals surface area contributed by atoms with Crippen molar-refractivity contribution in [2.24, 2.45) is 5.41 Å². The minimum Gasteiger partial charge on any atom is -0.339 e. The summed E-state index contributed by atoms with van der Waals surface area (Å²) < 4.78 is 43.2. The second-order valence-corrected chi connectivity index (χ2v) is 4.86. The summed E-state index contributed by atoms with van der Waals surface area (Å²) in [4.78, 5) is 4.05. The van der Waals surface area contributed by atoms with E-state index in [1.807, 2.05) is 0 Å². The lowest BCUT2D eigenvalue weighted by molar-refractivity contribution is -0.187. The first-order chi connectivity index (χ1) is 8.00. The van der Waals surface area contributed by atoms with Crippen LogP contribution in [0.1, 0.15) is 30.5 Å². The minimum atomic E-state index is -4.16. The molecule has 0 atom stereocenters. The molecule has 0 unspecified atom stereocenters. The van der Waals surface area contributed by atoms with Crippen LogP contribution in [0, 0.1) is 5.41 Å². The van der Waals surface area contributed by atoms with Gasteiger partial charge in [0, 0.05) is 19.5 Å². The van der Waals surface area contributed by atoms with Crippen molar-refractivity contribution in [3.8, 4) is 0 Å². The first kappa shape index (κ1) is 11.0. The number of rotatable bonds is 3. The fourth-order valence-corrected chi connectivity index (χ4v) is 1.98. The van der Waals surface area contributed by atoms with E-state index in [0.29, 0.717) is 5.89 Å². The zero-order chi connectivity index (χ0) is 12.1. The van der Waals surface area contributed by atoms with E-state index in [4.69, 9.17) is 4.52 Å². The van der Waals surface area contributed by atoms with Gasteiger partial charge >= 0.3 is 6.18 Å². The topological polar surface area (TPSA) is 51.0 Å². The number of halogens is 3. The van der Waals surface area contributed by atoms with Crippen LogP contribution in [-0.2, 0) is 6.42 Å². The van der Waals surface area contributed by atoms with E-state index >= 15 is 0 Å². The summed E-state index contributed by atoms with van der Waals surface area (Å²) in [6.45, 7) is 1.51. The van der Waals surface area contributed by atoms with Gasteiger partial charge in [-0.05, 0) is 12.8 Å². The van der Waals surface area contributed by atoms with Crippen LogP contribution in [0.4, 0.5) is 13.2 Å². The Morgan fingerprint density at radius 2 is 2.06 bits per heavy atom. The summed E-state index contributed by atoms with van der Waals surface area (Å²) >= 11 is 0. The van der Waals surface area contributed by atoms with Gasteiger partial charge in [-0.15, -0.1) is 0 Å². The van der Waals surface area contributed by atoms with Gasteiger partial charge in [0.2, 0.25) is 5.89 Å². The van der Waals surface area contributed by atoms with E-state index in [1.165, 1.54) is 0 Å². The van der Waals surface area contributed by atoms with Crippen LogP contribution in [-0.4, -0.2) is 29.4 Å². The van der Waals surface area contributed by atoms with Gasteiger partial charge < -0.3 is 9.84 Å². The van der Waals surface area contributed by atoms with E-state index in [-0.39, 0.29) is 31.0 Å². The van der Waals surface area contributed by atoms with Crippen LogP contribution in [0.2, 0.25) is 0 Å². The average molecular weight is 247 g/mol. The molecule has 0 bridgehead atoms. The van der Waals surface area contributed by atoms with Crippen LogP contribution in [0.5, 0.6) is 0 Å². The zero-order valence-corrected chi connectivity index (χ0v) is 9.05. The van der Waals surface area contributed by atoms with Crippen LogP contribution >= 0.6 is 0 Å². The van der Waals surface area contributed by atoms with Crippen molar-refractivity contribution in [1.82, 2.24) is 15.5 Å². The Hall–Kier alpha value is -1.11. The molecule has 2 aliphatic rings. The molecule has 17 heavy (non-hydrogen) atoms. The summed E-state index contributed by atoms with van der Waals surface area (Å²) in [6, 6.07) is 0. The summed E-state index contributed by atoms with van der Waals surface area (Å²) in [5.41, 5.74) is -1.59. The summed E-state index contributed by atoms with van der Waals surface area (Å²) in [5.74, 6) is 0.802. The Bertz CT molecular complexity index is 421. The van der Waals surface area contributed by atoms with E-state index in [1.54, 1.807) is 0 Å².